The van der Waals surface area contributed by atoms with E-state index in [4.69, 9.17) is 4.74 Å². The van der Waals surface area contributed by atoms with Crippen molar-refractivity contribution in [1.29, 1.82) is 0 Å². The van der Waals surface area contributed by atoms with Gasteiger partial charge in [0.25, 0.3) is 0 Å². The van der Waals surface area contributed by atoms with Gasteiger partial charge in [0, 0.05) is 13.2 Å². The van der Waals surface area contributed by atoms with Crippen LogP contribution in [0.5, 0.6) is 0 Å². The Bertz CT molecular complexity index is 59.5. The fourth-order valence-electron chi connectivity index (χ4n) is 0.965. The quantitative estimate of drug-likeness (QED) is 0.515. The second-order valence-electron chi connectivity index (χ2n) is 2.21. The Labute approximate surface area is 63.9 Å². The summed E-state index contributed by atoms with van der Waals surface area (Å²) in [7, 11) is 0. The molecule has 1 atom stereocenters. The van der Waals surface area contributed by atoms with Crippen LogP contribution < -0.4 is 0 Å². The molecule has 0 aromatic carbocycles. The smallest absolute Gasteiger partial charge is 0.0495 e. The highest BCUT2D eigenvalue weighted by Gasteiger charge is 2.13. The Morgan fingerprint density at radius 3 is 3.00 bits per heavy atom. The molecule has 0 bridgehead atoms. The highest BCUT2D eigenvalue weighted by atomic mass is 127. The average molecular weight is 226 g/mol. The van der Waals surface area contributed by atoms with Crippen molar-refractivity contribution in [3.8, 4) is 0 Å². The first-order valence-corrected chi connectivity index (χ1v) is 4.59. The first-order valence-electron chi connectivity index (χ1n) is 3.07. The van der Waals surface area contributed by atoms with Gasteiger partial charge in [0.15, 0.2) is 0 Å². The van der Waals surface area contributed by atoms with E-state index in [1.54, 1.807) is 0 Å². The van der Waals surface area contributed by atoms with Gasteiger partial charge in [-0.1, -0.05) is 22.6 Å². The molecule has 8 heavy (non-hydrogen) atoms. The summed E-state index contributed by atoms with van der Waals surface area (Å²) in [6.45, 7) is 2.02. The van der Waals surface area contributed by atoms with Gasteiger partial charge in [-0.3, -0.25) is 0 Å². The second kappa shape index (κ2) is 3.67. The van der Waals surface area contributed by atoms with Gasteiger partial charge in [-0.25, -0.2) is 0 Å². The molecule has 1 nitrogen and oxygen atoms in total. The maximum atomic E-state index is 5.21. The lowest BCUT2D eigenvalue weighted by Gasteiger charge is -2.00. The zero-order valence-electron chi connectivity index (χ0n) is 4.90. The Hall–Kier alpha value is 0.690. The number of hydrogen-bond acceptors (Lipinski definition) is 1. The van der Waals surface area contributed by atoms with Crippen molar-refractivity contribution < 1.29 is 4.74 Å². The van der Waals surface area contributed by atoms with Crippen LogP contribution in [0.2, 0.25) is 0 Å². The predicted molar refractivity (Wildman–Crippen MR) is 42.4 cm³/mol. The Morgan fingerprint density at radius 1 is 1.62 bits per heavy atom. The van der Waals surface area contributed by atoms with Gasteiger partial charge in [-0.15, -0.1) is 0 Å². The van der Waals surface area contributed by atoms with E-state index in [0.717, 1.165) is 19.1 Å². The molecular formula is C6H11IO. The van der Waals surface area contributed by atoms with E-state index in [1.165, 1.54) is 17.3 Å². The molecule has 0 aliphatic carbocycles. The van der Waals surface area contributed by atoms with Gasteiger partial charge in [0.1, 0.15) is 0 Å². The van der Waals surface area contributed by atoms with Crippen LogP contribution in [-0.4, -0.2) is 17.6 Å². The van der Waals surface area contributed by atoms with Crippen LogP contribution in [0.15, 0.2) is 0 Å². The lowest BCUT2D eigenvalue weighted by molar-refractivity contribution is 0.185. The van der Waals surface area contributed by atoms with E-state index in [-0.39, 0.29) is 0 Å². The van der Waals surface area contributed by atoms with Crippen molar-refractivity contribution in [2.75, 3.05) is 17.6 Å². The zero-order chi connectivity index (χ0) is 5.82. The van der Waals surface area contributed by atoms with Gasteiger partial charge in [0.2, 0.25) is 0 Å². The first-order chi connectivity index (χ1) is 3.93. The molecule has 1 aliphatic heterocycles. The Kier molecular flexibility index (Phi) is 3.12. The molecule has 0 amide bonds. The maximum Gasteiger partial charge on any atom is 0.0495 e. The lowest BCUT2D eigenvalue weighted by Crippen LogP contribution is -1.98. The molecule has 0 aromatic rings. The van der Waals surface area contributed by atoms with E-state index in [1.807, 2.05) is 0 Å². The molecule has 1 aliphatic rings. The van der Waals surface area contributed by atoms with Crippen molar-refractivity contribution in [2.24, 2.45) is 5.92 Å². The SMILES string of the molecule is ICC[C@@H]1CCOC1. The molecule has 1 fully saturated rings. The minimum atomic E-state index is 0.881. The number of ether oxygens (including phenoxy) is 1. The van der Waals surface area contributed by atoms with Crippen molar-refractivity contribution in [1.82, 2.24) is 0 Å². The highest BCUT2D eigenvalue weighted by molar-refractivity contribution is 14.1. The molecule has 0 N–H and O–H groups in total. The molecule has 2 heteroatoms. The van der Waals surface area contributed by atoms with Gasteiger partial charge in [-0.05, 0) is 23.2 Å². The van der Waals surface area contributed by atoms with E-state index >= 15 is 0 Å². The number of rotatable bonds is 2. The van der Waals surface area contributed by atoms with E-state index in [0.29, 0.717) is 0 Å². The predicted octanol–water partition coefficient (Wildman–Crippen LogP) is 1.85. The standard InChI is InChI=1S/C6H11IO/c7-3-1-6-2-4-8-5-6/h6H,1-5H2/t6-/m1/s1. The van der Waals surface area contributed by atoms with Crippen molar-refractivity contribution >= 4 is 22.6 Å². The summed E-state index contributed by atoms with van der Waals surface area (Å²) in [5.41, 5.74) is 0. The summed E-state index contributed by atoms with van der Waals surface area (Å²) in [6.07, 6.45) is 2.64. The van der Waals surface area contributed by atoms with Gasteiger partial charge in [-0.2, -0.15) is 0 Å². The minimum absolute atomic E-state index is 0.881. The summed E-state index contributed by atoms with van der Waals surface area (Å²) in [6, 6.07) is 0. The van der Waals surface area contributed by atoms with Crippen LogP contribution in [0.1, 0.15) is 12.8 Å². The normalized spacial score (nSPS) is 28.9. The summed E-state index contributed by atoms with van der Waals surface area (Å²) in [5, 5.41) is 0. The minimum Gasteiger partial charge on any atom is -0.381 e. The molecule has 0 spiro atoms. The fraction of sp³-hybridized carbons (Fsp3) is 1.00. The zero-order valence-corrected chi connectivity index (χ0v) is 7.06. The molecular weight excluding hydrogens is 215 g/mol. The number of alkyl halides is 1. The van der Waals surface area contributed by atoms with Crippen molar-refractivity contribution in [3.05, 3.63) is 0 Å². The highest BCUT2D eigenvalue weighted by Crippen LogP contribution is 2.16. The molecule has 48 valence electrons. The molecule has 0 saturated carbocycles. The summed E-state index contributed by atoms with van der Waals surface area (Å²) >= 11 is 2.42. The van der Waals surface area contributed by atoms with Crippen LogP contribution in [0.3, 0.4) is 0 Å². The summed E-state index contributed by atoms with van der Waals surface area (Å²) in [5.74, 6) is 0.881. The van der Waals surface area contributed by atoms with E-state index in [2.05, 4.69) is 22.6 Å². The van der Waals surface area contributed by atoms with Crippen LogP contribution >= 0.6 is 22.6 Å². The van der Waals surface area contributed by atoms with Gasteiger partial charge < -0.3 is 4.74 Å². The van der Waals surface area contributed by atoms with Crippen LogP contribution in [0.4, 0.5) is 0 Å². The third-order valence-electron chi connectivity index (χ3n) is 1.54. The van der Waals surface area contributed by atoms with Crippen LogP contribution in [0, 0.1) is 5.92 Å². The van der Waals surface area contributed by atoms with E-state index in [9.17, 15) is 0 Å². The monoisotopic (exact) mass is 226 g/mol. The Balaban J connectivity index is 2.06. The molecule has 0 unspecified atom stereocenters. The molecule has 1 heterocycles. The Morgan fingerprint density at radius 2 is 2.50 bits per heavy atom. The van der Waals surface area contributed by atoms with Gasteiger partial charge >= 0.3 is 0 Å². The fourth-order valence-corrected chi connectivity index (χ4v) is 1.85. The number of hydrogen-bond donors (Lipinski definition) is 0. The molecule has 1 saturated heterocycles. The largest absolute Gasteiger partial charge is 0.381 e. The van der Waals surface area contributed by atoms with Crippen molar-refractivity contribution in [2.45, 2.75) is 12.8 Å². The molecule has 0 radical (unpaired) electrons. The lowest BCUT2D eigenvalue weighted by atomic mass is 10.1. The second-order valence-corrected chi connectivity index (χ2v) is 3.29. The third-order valence-corrected chi connectivity index (χ3v) is 2.16. The average Bonchev–Trinajstić information content (AvgIpc) is 2.19. The van der Waals surface area contributed by atoms with Crippen LogP contribution in [0.25, 0.3) is 0 Å². The maximum absolute atomic E-state index is 5.21. The summed E-state index contributed by atoms with van der Waals surface area (Å²) < 4.78 is 6.49. The number of halogens is 1. The van der Waals surface area contributed by atoms with Gasteiger partial charge in [0.05, 0.1) is 0 Å². The van der Waals surface area contributed by atoms with Crippen molar-refractivity contribution in [3.63, 3.8) is 0 Å². The topological polar surface area (TPSA) is 9.23 Å². The third kappa shape index (κ3) is 1.90. The summed E-state index contributed by atoms with van der Waals surface area (Å²) in [4.78, 5) is 0. The van der Waals surface area contributed by atoms with E-state index < -0.39 is 0 Å². The van der Waals surface area contributed by atoms with Crippen LogP contribution in [-0.2, 0) is 4.74 Å². The first kappa shape index (κ1) is 6.81. The molecule has 0 aromatic heterocycles. The molecule has 1 rings (SSSR count).